The van der Waals surface area contributed by atoms with Gasteiger partial charge in [-0.15, -0.1) is 6.42 Å². The lowest BCUT2D eigenvalue weighted by Gasteiger charge is -2.04. The number of nitrogens with one attached hydrogen (secondary N) is 1. The van der Waals surface area contributed by atoms with Crippen molar-refractivity contribution in [3.05, 3.63) is 24.3 Å². The zero-order chi connectivity index (χ0) is 8.81. The summed E-state index contributed by atoms with van der Waals surface area (Å²) in [6.45, 7) is 0.313. The highest BCUT2D eigenvalue weighted by molar-refractivity contribution is 5.47. The van der Waals surface area contributed by atoms with Crippen molar-refractivity contribution in [3.63, 3.8) is 0 Å². The average molecular weight is 161 g/mol. The third kappa shape index (κ3) is 2.21. The Kier molecular flexibility index (Phi) is 3.04. The predicted octanol–water partition coefficient (Wildman–Crippen LogP) is 1.74. The van der Waals surface area contributed by atoms with Crippen LogP contribution >= 0.6 is 0 Å². The number of anilines is 1. The fourth-order valence-electron chi connectivity index (χ4n) is 0.866. The molecule has 1 aromatic carbocycles. The summed E-state index contributed by atoms with van der Waals surface area (Å²) in [6.07, 6.45) is 5.06. The molecular formula is C10H11NO. The van der Waals surface area contributed by atoms with Crippen molar-refractivity contribution in [2.45, 2.75) is 0 Å². The van der Waals surface area contributed by atoms with Gasteiger partial charge in [0, 0.05) is 18.8 Å². The van der Waals surface area contributed by atoms with E-state index in [1.807, 2.05) is 31.3 Å². The molecular weight excluding hydrogens is 150 g/mol. The lowest BCUT2D eigenvalue weighted by Crippen LogP contribution is -1.94. The molecule has 62 valence electrons. The van der Waals surface area contributed by atoms with Crippen LogP contribution in [0.1, 0.15) is 0 Å². The molecule has 0 fully saturated rings. The Bertz CT molecular complexity index is 288. The van der Waals surface area contributed by atoms with E-state index < -0.39 is 0 Å². The van der Waals surface area contributed by atoms with E-state index in [-0.39, 0.29) is 0 Å². The summed E-state index contributed by atoms with van der Waals surface area (Å²) in [5, 5.41) is 3.01. The van der Waals surface area contributed by atoms with Crippen molar-refractivity contribution in [2.75, 3.05) is 19.0 Å². The molecule has 0 bridgehead atoms. The summed E-state index contributed by atoms with van der Waals surface area (Å²) in [7, 11) is 1.86. The summed E-state index contributed by atoms with van der Waals surface area (Å²) in [5.74, 6) is 3.20. The lowest BCUT2D eigenvalue weighted by atomic mass is 10.3. The second-order valence-electron chi connectivity index (χ2n) is 2.27. The van der Waals surface area contributed by atoms with Crippen molar-refractivity contribution < 1.29 is 4.74 Å². The van der Waals surface area contributed by atoms with Crippen LogP contribution in [0.15, 0.2) is 24.3 Å². The van der Waals surface area contributed by atoms with Crippen LogP contribution in [-0.4, -0.2) is 13.7 Å². The van der Waals surface area contributed by atoms with Crippen LogP contribution in [-0.2, 0) is 0 Å². The maximum Gasteiger partial charge on any atom is 0.148 e. The van der Waals surface area contributed by atoms with E-state index in [1.54, 1.807) is 0 Å². The van der Waals surface area contributed by atoms with E-state index >= 15 is 0 Å². The summed E-state index contributed by atoms with van der Waals surface area (Å²) in [6, 6.07) is 7.65. The minimum atomic E-state index is 0.313. The van der Waals surface area contributed by atoms with E-state index in [1.165, 1.54) is 0 Å². The molecule has 1 aromatic rings. The number of ether oxygens (including phenoxy) is 1. The Balaban J connectivity index is 2.67. The second-order valence-corrected chi connectivity index (χ2v) is 2.27. The molecule has 12 heavy (non-hydrogen) atoms. The Labute approximate surface area is 72.6 Å². The van der Waals surface area contributed by atoms with Crippen molar-refractivity contribution >= 4 is 5.69 Å². The summed E-state index contributed by atoms with van der Waals surface area (Å²) in [5.41, 5.74) is 1.02. The second kappa shape index (κ2) is 4.30. The maximum absolute atomic E-state index is 5.22. The first-order valence-corrected chi connectivity index (χ1v) is 3.71. The van der Waals surface area contributed by atoms with E-state index in [9.17, 15) is 0 Å². The molecule has 0 aliphatic carbocycles. The minimum absolute atomic E-state index is 0.313. The normalized spacial score (nSPS) is 8.67. The van der Waals surface area contributed by atoms with E-state index in [2.05, 4.69) is 11.2 Å². The van der Waals surface area contributed by atoms with Gasteiger partial charge in [0.15, 0.2) is 0 Å². The van der Waals surface area contributed by atoms with Gasteiger partial charge >= 0.3 is 0 Å². The van der Waals surface area contributed by atoms with Gasteiger partial charge in [-0.05, 0) is 12.1 Å². The van der Waals surface area contributed by atoms with E-state index in [0.29, 0.717) is 6.61 Å². The molecule has 0 amide bonds. The molecule has 0 atom stereocenters. The topological polar surface area (TPSA) is 21.3 Å². The van der Waals surface area contributed by atoms with Crippen LogP contribution in [0.4, 0.5) is 5.69 Å². The van der Waals surface area contributed by atoms with Crippen LogP contribution in [0.25, 0.3) is 0 Å². The summed E-state index contributed by atoms with van der Waals surface area (Å²) >= 11 is 0. The molecule has 1 rings (SSSR count). The molecule has 0 aromatic heterocycles. The zero-order valence-electron chi connectivity index (χ0n) is 7.00. The van der Waals surface area contributed by atoms with Gasteiger partial charge in [0.25, 0.3) is 0 Å². The first-order valence-electron chi connectivity index (χ1n) is 3.71. The number of terminal acetylenes is 1. The quantitative estimate of drug-likeness (QED) is 0.682. The predicted molar refractivity (Wildman–Crippen MR) is 50.3 cm³/mol. The fourth-order valence-corrected chi connectivity index (χ4v) is 0.866. The minimum Gasteiger partial charge on any atom is -0.481 e. The van der Waals surface area contributed by atoms with Gasteiger partial charge in [-0.3, -0.25) is 0 Å². The van der Waals surface area contributed by atoms with Crippen LogP contribution in [0.2, 0.25) is 0 Å². The molecule has 0 aliphatic rings. The monoisotopic (exact) mass is 161 g/mol. The van der Waals surface area contributed by atoms with Gasteiger partial charge < -0.3 is 10.1 Å². The van der Waals surface area contributed by atoms with Gasteiger partial charge in [0.05, 0.1) is 0 Å². The molecule has 0 radical (unpaired) electrons. The van der Waals surface area contributed by atoms with Gasteiger partial charge in [-0.1, -0.05) is 12.0 Å². The highest BCUT2D eigenvalue weighted by Crippen LogP contribution is 2.16. The lowest BCUT2D eigenvalue weighted by molar-refractivity contribution is 0.370. The van der Waals surface area contributed by atoms with Crippen LogP contribution in [0.3, 0.4) is 0 Å². The first-order chi connectivity index (χ1) is 5.86. The van der Waals surface area contributed by atoms with Crippen LogP contribution in [0, 0.1) is 12.3 Å². The van der Waals surface area contributed by atoms with Gasteiger partial charge in [0.2, 0.25) is 0 Å². The summed E-state index contributed by atoms with van der Waals surface area (Å²) in [4.78, 5) is 0. The maximum atomic E-state index is 5.22. The molecule has 0 heterocycles. The van der Waals surface area contributed by atoms with Crippen molar-refractivity contribution in [1.82, 2.24) is 0 Å². The van der Waals surface area contributed by atoms with Crippen LogP contribution < -0.4 is 10.1 Å². The highest BCUT2D eigenvalue weighted by atomic mass is 16.5. The average Bonchev–Trinajstić information content (AvgIpc) is 2.15. The van der Waals surface area contributed by atoms with Gasteiger partial charge in [-0.25, -0.2) is 0 Å². The van der Waals surface area contributed by atoms with Gasteiger partial charge in [-0.2, -0.15) is 0 Å². The Morgan fingerprint density at radius 2 is 2.42 bits per heavy atom. The van der Waals surface area contributed by atoms with Gasteiger partial charge in [0.1, 0.15) is 12.4 Å². The van der Waals surface area contributed by atoms with Crippen molar-refractivity contribution in [2.24, 2.45) is 0 Å². The Morgan fingerprint density at radius 3 is 3.08 bits per heavy atom. The van der Waals surface area contributed by atoms with E-state index in [4.69, 9.17) is 11.2 Å². The molecule has 0 saturated carbocycles. The highest BCUT2D eigenvalue weighted by Gasteiger charge is 1.92. The van der Waals surface area contributed by atoms with Crippen molar-refractivity contribution in [1.29, 1.82) is 0 Å². The summed E-state index contributed by atoms with van der Waals surface area (Å²) < 4.78 is 5.22. The molecule has 0 aliphatic heterocycles. The SMILES string of the molecule is C#CCOc1cccc(NC)c1. The standard InChI is InChI=1S/C10H11NO/c1-3-7-12-10-6-4-5-9(8-10)11-2/h1,4-6,8,11H,7H2,2H3. The molecule has 0 saturated heterocycles. The third-order valence-corrected chi connectivity index (χ3v) is 1.44. The van der Waals surface area contributed by atoms with Crippen LogP contribution in [0.5, 0.6) is 5.75 Å². The number of hydrogen-bond donors (Lipinski definition) is 1. The molecule has 0 spiro atoms. The fraction of sp³-hybridized carbons (Fsp3) is 0.200. The molecule has 2 nitrogen and oxygen atoms in total. The molecule has 2 heteroatoms. The number of rotatable bonds is 3. The number of hydrogen-bond acceptors (Lipinski definition) is 2. The first kappa shape index (κ1) is 8.48. The zero-order valence-corrected chi connectivity index (χ0v) is 7.00. The van der Waals surface area contributed by atoms with E-state index in [0.717, 1.165) is 11.4 Å². The Morgan fingerprint density at radius 1 is 1.58 bits per heavy atom. The number of benzene rings is 1. The third-order valence-electron chi connectivity index (χ3n) is 1.44. The largest absolute Gasteiger partial charge is 0.481 e. The smallest absolute Gasteiger partial charge is 0.148 e. The molecule has 1 N–H and O–H groups in total. The molecule has 0 unspecified atom stereocenters. The van der Waals surface area contributed by atoms with Crippen molar-refractivity contribution in [3.8, 4) is 18.1 Å². The Hall–Kier alpha value is -1.62.